The van der Waals surface area contributed by atoms with Crippen LogP contribution in [-0.4, -0.2) is 54.3 Å². The maximum Gasteiger partial charge on any atom is 0.238 e. The summed E-state index contributed by atoms with van der Waals surface area (Å²) in [5.74, 6) is 0.357. The highest BCUT2D eigenvalue weighted by molar-refractivity contribution is 9.10. The van der Waals surface area contributed by atoms with Gasteiger partial charge in [0.05, 0.1) is 17.3 Å². The summed E-state index contributed by atoms with van der Waals surface area (Å²) in [5.41, 5.74) is 0.619. The molecule has 2 aliphatic rings. The van der Waals surface area contributed by atoms with Crippen molar-refractivity contribution in [2.45, 2.75) is 25.7 Å². The van der Waals surface area contributed by atoms with Crippen LogP contribution in [0.15, 0.2) is 22.7 Å². The Morgan fingerprint density at radius 3 is 2.48 bits per heavy atom. The fourth-order valence-electron chi connectivity index (χ4n) is 3.52. The maximum absolute atomic E-state index is 12.4. The standard InChI is InChI=1S/C18H23BrClN3O2/c19-14-3-4-16(15(20)11-14)21-17(24)12-22-9-5-13(6-10-22)18(25)23-7-1-2-8-23/h3-4,11,13H,1-2,5-10,12H2,(H,21,24). The van der Waals surface area contributed by atoms with E-state index in [4.69, 9.17) is 11.6 Å². The van der Waals surface area contributed by atoms with Crippen molar-refractivity contribution in [1.29, 1.82) is 0 Å². The molecule has 2 saturated heterocycles. The lowest BCUT2D eigenvalue weighted by Crippen LogP contribution is -2.43. The monoisotopic (exact) mass is 427 g/mol. The predicted molar refractivity (Wildman–Crippen MR) is 103 cm³/mol. The minimum absolute atomic E-state index is 0.0754. The Hall–Kier alpha value is -1.11. The molecule has 0 radical (unpaired) electrons. The first kappa shape index (κ1) is 18.7. The lowest BCUT2D eigenvalue weighted by Gasteiger charge is -2.32. The summed E-state index contributed by atoms with van der Waals surface area (Å²) >= 11 is 9.48. The van der Waals surface area contributed by atoms with Crippen molar-refractivity contribution >= 4 is 45.0 Å². The molecule has 0 unspecified atom stereocenters. The lowest BCUT2D eigenvalue weighted by atomic mass is 9.95. The topological polar surface area (TPSA) is 52.7 Å². The molecule has 3 rings (SSSR count). The van der Waals surface area contributed by atoms with Crippen LogP contribution in [0, 0.1) is 5.92 Å². The highest BCUT2D eigenvalue weighted by Gasteiger charge is 2.30. The smallest absolute Gasteiger partial charge is 0.238 e. The Kier molecular flexibility index (Phi) is 6.36. The molecule has 2 heterocycles. The van der Waals surface area contributed by atoms with Crippen molar-refractivity contribution in [2.24, 2.45) is 5.92 Å². The summed E-state index contributed by atoms with van der Waals surface area (Å²) in [5, 5.41) is 3.37. The maximum atomic E-state index is 12.4. The molecule has 2 amide bonds. The average Bonchev–Trinajstić information content (AvgIpc) is 3.12. The molecule has 1 aromatic rings. The van der Waals surface area contributed by atoms with Gasteiger partial charge in [0.1, 0.15) is 0 Å². The van der Waals surface area contributed by atoms with Crippen molar-refractivity contribution in [3.63, 3.8) is 0 Å². The second-order valence-electron chi connectivity index (χ2n) is 6.76. The van der Waals surface area contributed by atoms with Crippen LogP contribution in [0.5, 0.6) is 0 Å². The Morgan fingerprint density at radius 2 is 1.84 bits per heavy atom. The molecule has 7 heteroatoms. The van der Waals surface area contributed by atoms with Gasteiger partial charge in [-0.25, -0.2) is 0 Å². The van der Waals surface area contributed by atoms with Gasteiger partial charge >= 0.3 is 0 Å². The number of halogens is 2. The number of hydrogen-bond acceptors (Lipinski definition) is 3. The number of benzene rings is 1. The van der Waals surface area contributed by atoms with Gasteiger partial charge in [0, 0.05) is 23.5 Å². The van der Waals surface area contributed by atoms with E-state index in [1.807, 2.05) is 11.0 Å². The third kappa shape index (κ3) is 4.96. The first-order valence-electron chi connectivity index (χ1n) is 8.79. The quantitative estimate of drug-likeness (QED) is 0.800. The molecule has 25 heavy (non-hydrogen) atoms. The SMILES string of the molecule is O=C(CN1CCC(C(=O)N2CCCC2)CC1)Nc1ccc(Br)cc1Cl. The molecule has 0 spiro atoms. The molecule has 2 fully saturated rings. The molecule has 1 aromatic carbocycles. The molecule has 0 aromatic heterocycles. The van der Waals surface area contributed by atoms with E-state index in [1.54, 1.807) is 12.1 Å². The minimum Gasteiger partial charge on any atom is -0.342 e. The van der Waals surface area contributed by atoms with Gasteiger partial charge in [-0.1, -0.05) is 27.5 Å². The number of carbonyl (C=O) groups excluding carboxylic acids is 2. The van der Waals surface area contributed by atoms with E-state index in [0.717, 1.165) is 56.3 Å². The summed E-state index contributed by atoms with van der Waals surface area (Å²) in [4.78, 5) is 28.8. The zero-order valence-electron chi connectivity index (χ0n) is 14.1. The van der Waals surface area contributed by atoms with Gasteiger partial charge in [0.15, 0.2) is 0 Å². The van der Waals surface area contributed by atoms with Gasteiger partial charge < -0.3 is 10.2 Å². The van der Waals surface area contributed by atoms with E-state index in [-0.39, 0.29) is 11.8 Å². The fraction of sp³-hybridized carbons (Fsp3) is 0.556. The highest BCUT2D eigenvalue weighted by atomic mass is 79.9. The van der Waals surface area contributed by atoms with Crippen LogP contribution < -0.4 is 5.32 Å². The zero-order chi connectivity index (χ0) is 17.8. The Bertz CT molecular complexity index is 641. The first-order valence-corrected chi connectivity index (χ1v) is 9.96. The Balaban J connectivity index is 1.45. The van der Waals surface area contributed by atoms with Gasteiger partial charge in [-0.3, -0.25) is 14.5 Å². The van der Waals surface area contributed by atoms with Crippen LogP contribution in [0.25, 0.3) is 0 Å². The predicted octanol–water partition coefficient (Wildman–Crippen LogP) is 3.38. The molecule has 0 atom stereocenters. The molecule has 136 valence electrons. The number of hydrogen-bond donors (Lipinski definition) is 1. The van der Waals surface area contributed by atoms with Gasteiger partial charge in [0.25, 0.3) is 0 Å². The van der Waals surface area contributed by atoms with Crippen LogP contribution in [0.3, 0.4) is 0 Å². The van der Waals surface area contributed by atoms with E-state index in [9.17, 15) is 9.59 Å². The van der Waals surface area contributed by atoms with Crippen LogP contribution in [0.4, 0.5) is 5.69 Å². The number of piperidine rings is 1. The largest absolute Gasteiger partial charge is 0.342 e. The van der Waals surface area contributed by atoms with Crippen LogP contribution >= 0.6 is 27.5 Å². The summed E-state index contributed by atoms with van der Waals surface area (Å²) < 4.78 is 0.875. The molecule has 2 aliphatic heterocycles. The second kappa shape index (κ2) is 8.52. The van der Waals surface area contributed by atoms with E-state index in [1.165, 1.54) is 0 Å². The normalized spacial score (nSPS) is 19.2. The molecular formula is C18H23BrClN3O2. The number of anilines is 1. The minimum atomic E-state index is -0.0754. The van der Waals surface area contributed by atoms with E-state index >= 15 is 0 Å². The third-order valence-corrected chi connectivity index (χ3v) is 5.73. The van der Waals surface area contributed by atoms with Crippen molar-refractivity contribution in [1.82, 2.24) is 9.80 Å². The molecule has 1 N–H and O–H groups in total. The van der Waals surface area contributed by atoms with Crippen molar-refractivity contribution in [3.8, 4) is 0 Å². The number of carbonyl (C=O) groups is 2. The highest BCUT2D eigenvalue weighted by Crippen LogP contribution is 2.26. The van der Waals surface area contributed by atoms with Crippen LogP contribution in [0.1, 0.15) is 25.7 Å². The summed E-state index contributed by atoms with van der Waals surface area (Å²) in [6, 6.07) is 5.38. The first-order chi connectivity index (χ1) is 12.0. The number of nitrogens with one attached hydrogen (secondary N) is 1. The molecule has 0 saturated carbocycles. The number of rotatable bonds is 4. The van der Waals surface area contributed by atoms with Gasteiger partial charge in [-0.05, 0) is 57.0 Å². The average molecular weight is 429 g/mol. The summed E-state index contributed by atoms with van der Waals surface area (Å²) in [6.07, 6.45) is 3.93. The van der Waals surface area contributed by atoms with E-state index in [0.29, 0.717) is 23.2 Å². The third-order valence-electron chi connectivity index (χ3n) is 4.93. The lowest BCUT2D eigenvalue weighted by molar-refractivity contribution is -0.136. The zero-order valence-corrected chi connectivity index (χ0v) is 16.5. The van der Waals surface area contributed by atoms with E-state index < -0.39 is 0 Å². The molecule has 5 nitrogen and oxygen atoms in total. The van der Waals surface area contributed by atoms with Gasteiger partial charge in [-0.15, -0.1) is 0 Å². The second-order valence-corrected chi connectivity index (χ2v) is 8.08. The number of likely N-dealkylation sites (tertiary alicyclic amines) is 2. The van der Waals surface area contributed by atoms with Gasteiger partial charge in [0.2, 0.25) is 11.8 Å². The fourth-order valence-corrected chi connectivity index (χ4v) is 4.24. The summed E-state index contributed by atoms with van der Waals surface area (Å²) in [7, 11) is 0. The van der Waals surface area contributed by atoms with Crippen molar-refractivity contribution in [2.75, 3.05) is 38.0 Å². The molecule has 0 bridgehead atoms. The summed E-state index contributed by atoms with van der Waals surface area (Å²) in [6.45, 7) is 3.72. The molecular weight excluding hydrogens is 406 g/mol. The van der Waals surface area contributed by atoms with Crippen molar-refractivity contribution < 1.29 is 9.59 Å². The van der Waals surface area contributed by atoms with E-state index in [2.05, 4.69) is 26.1 Å². The number of nitrogens with zero attached hydrogens (tertiary/aromatic N) is 2. The van der Waals surface area contributed by atoms with Crippen LogP contribution in [0.2, 0.25) is 5.02 Å². The van der Waals surface area contributed by atoms with Crippen LogP contribution in [-0.2, 0) is 9.59 Å². The van der Waals surface area contributed by atoms with Gasteiger partial charge in [-0.2, -0.15) is 0 Å². The Labute approximate surface area is 161 Å². The van der Waals surface area contributed by atoms with Crippen molar-refractivity contribution in [3.05, 3.63) is 27.7 Å². The molecule has 0 aliphatic carbocycles. The Morgan fingerprint density at radius 1 is 1.16 bits per heavy atom. The number of amides is 2.